The molecule has 0 spiro atoms. The van der Waals surface area contributed by atoms with Crippen LogP contribution < -0.4 is 0 Å². The molecule has 0 aliphatic carbocycles. The van der Waals surface area contributed by atoms with E-state index in [0.29, 0.717) is 24.8 Å². The Bertz CT molecular complexity index is 691. The number of aromatic nitrogens is 2. The molecule has 2 aromatic rings. The van der Waals surface area contributed by atoms with Crippen LogP contribution in [0.5, 0.6) is 0 Å². The van der Waals surface area contributed by atoms with Crippen molar-refractivity contribution in [3.63, 3.8) is 0 Å². The van der Waals surface area contributed by atoms with Crippen LogP contribution in [0, 0.1) is 5.92 Å². The largest absolute Gasteiger partial charge is 0.392 e. The summed E-state index contributed by atoms with van der Waals surface area (Å²) in [7, 11) is 0. The highest BCUT2D eigenvalue weighted by Gasteiger charge is 2.28. The van der Waals surface area contributed by atoms with Crippen molar-refractivity contribution in [3.8, 4) is 11.4 Å². The second-order valence-corrected chi connectivity index (χ2v) is 6.99. The zero-order chi connectivity index (χ0) is 17.8. The highest BCUT2D eigenvalue weighted by atomic mass is 16.5. The molecular weight excluding hydrogens is 318 g/mol. The molecule has 0 radical (unpaired) electrons. The van der Waals surface area contributed by atoms with Crippen molar-refractivity contribution in [1.82, 2.24) is 15.0 Å². The van der Waals surface area contributed by atoms with Crippen LogP contribution in [0.2, 0.25) is 0 Å². The fraction of sp³-hybridized carbons (Fsp3) is 0.526. The molecule has 1 unspecified atom stereocenters. The monoisotopic (exact) mass is 343 g/mol. The van der Waals surface area contributed by atoms with Crippen LogP contribution in [0.1, 0.15) is 44.9 Å². The number of benzene rings is 1. The molecule has 134 valence electrons. The number of nitrogens with zero attached hydrogens (tertiary/aromatic N) is 3. The van der Waals surface area contributed by atoms with Gasteiger partial charge in [-0.1, -0.05) is 49.3 Å². The van der Waals surface area contributed by atoms with Crippen molar-refractivity contribution >= 4 is 5.91 Å². The van der Waals surface area contributed by atoms with E-state index in [-0.39, 0.29) is 24.2 Å². The number of piperidine rings is 1. The predicted octanol–water partition coefficient (Wildman–Crippen LogP) is 2.85. The molecule has 1 N–H and O–H groups in total. The fourth-order valence-corrected chi connectivity index (χ4v) is 3.03. The average molecular weight is 343 g/mol. The smallest absolute Gasteiger partial charge is 0.230 e. The van der Waals surface area contributed by atoms with Crippen LogP contribution in [0.15, 0.2) is 34.9 Å². The van der Waals surface area contributed by atoms with Gasteiger partial charge in [0, 0.05) is 24.6 Å². The topological polar surface area (TPSA) is 79.5 Å². The van der Waals surface area contributed by atoms with E-state index < -0.39 is 6.10 Å². The number of carbonyl (C=O) groups is 1. The molecule has 1 amide bonds. The van der Waals surface area contributed by atoms with Crippen molar-refractivity contribution in [2.75, 3.05) is 13.1 Å². The zero-order valence-corrected chi connectivity index (χ0v) is 14.8. The van der Waals surface area contributed by atoms with E-state index in [1.165, 1.54) is 0 Å². The van der Waals surface area contributed by atoms with Crippen LogP contribution in [-0.4, -0.2) is 45.2 Å². The second kappa shape index (κ2) is 7.78. The van der Waals surface area contributed by atoms with Gasteiger partial charge in [-0.15, -0.1) is 0 Å². The number of aliphatic hydroxyl groups excluding tert-OH is 1. The molecule has 0 bridgehead atoms. The Morgan fingerprint density at radius 2 is 1.96 bits per heavy atom. The maximum absolute atomic E-state index is 12.3. The molecule has 1 saturated heterocycles. The van der Waals surface area contributed by atoms with Gasteiger partial charge in [0.1, 0.15) is 0 Å². The van der Waals surface area contributed by atoms with Crippen LogP contribution in [-0.2, 0) is 4.79 Å². The summed E-state index contributed by atoms with van der Waals surface area (Å²) in [6, 6.07) is 9.75. The van der Waals surface area contributed by atoms with E-state index in [1.54, 1.807) is 0 Å². The van der Waals surface area contributed by atoms with Crippen molar-refractivity contribution < 1.29 is 14.4 Å². The number of likely N-dealkylation sites (tertiary alicyclic amines) is 1. The number of aliphatic hydroxyl groups is 1. The van der Waals surface area contributed by atoms with E-state index in [1.807, 2.05) is 49.1 Å². The second-order valence-electron chi connectivity index (χ2n) is 6.99. The predicted molar refractivity (Wildman–Crippen MR) is 93.8 cm³/mol. The minimum Gasteiger partial charge on any atom is -0.392 e. The molecule has 1 aromatic heterocycles. The summed E-state index contributed by atoms with van der Waals surface area (Å²) in [5, 5.41) is 14.0. The number of hydrogen-bond acceptors (Lipinski definition) is 5. The Hall–Kier alpha value is -2.21. The molecule has 6 heteroatoms. The van der Waals surface area contributed by atoms with Crippen molar-refractivity contribution in [2.24, 2.45) is 5.92 Å². The van der Waals surface area contributed by atoms with E-state index >= 15 is 0 Å². The molecule has 0 saturated carbocycles. The first-order valence-corrected chi connectivity index (χ1v) is 8.89. The molecule has 6 nitrogen and oxygen atoms in total. The van der Waals surface area contributed by atoms with Gasteiger partial charge in [0.25, 0.3) is 0 Å². The number of carbonyl (C=O) groups excluding carboxylic acids is 1. The van der Waals surface area contributed by atoms with Gasteiger partial charge < -0.3 is 14.5 Å². The maximum atomic E-state index is 12.3. The number of rotatable bonds is 5. The first-order valence-electron chi connectivity index (χ1n) is 8.89. The van der Waals surface area contributed by atoms with Crippen molar-refractivity contribution in [2.45, 2.75) is 45.1 Å². The van der Waals surface area contributed by atoms with Gasteiger partial charge >= 0.3 is 0 Å². The van der Waals surface area contributed by atoms with Crippen molar-refractivity contribution in [1.29, 1.82) is 0 Å². The average Bonchev–Trinajstić information content (AvgIpc) is 3.12. The van der Waals surface area contributed by atoms with Gasteiger partial charge in [-0.3, -0.25) is 4.79 Å². The van der Waals surface area contributed by atoms with E-state index in [2.05, 4.69) is 10.1 Å². The first kappa shape index (κ1) is 17.6. The van der Waals surface area contributed by atoms with Gasteiger partial charge in [0.2, 0.25) is 17.6 Å². The Morgan fingerprint density at radius 3 is 2.60 bits per heavy atom. The molecule has 1 aliphatic rings. The summed E-state index contributed by atoms with van der Waals surface area (Å²) < 4.78 is 5.45. The minimum atomic E-state index is -0.574. The van der Waals surface area contributed by atoms with Gasteiger partial charge in [0.05, 0.1) is 12.5 Å². The lowest BCUT2D eigenvalue weighted by molar-refractivity contribution is -0.135. The summed E-state index contributed by atoms with van der Waals surface area (Å²) in [6.45, 7) is 5.17. The van der Waals surface area contributed by atoms with Crippen LogP contribution in [0.3, 0.4) is 0 Å². The summed E-state index contributed by atoms with van der Waals surface area (Å²) in [4.78, 5) is 18.6. The zero-order valence-electron chi connectivity index (χ0n) is 14.8. The summed E-state index contributed by atoms with van der Waals surface area (Å²) in [5.74, 6) is 1.55. The maximum Gasteiger partial charge on any atom is 0.230 e. The molecule has 2 heterocycles. The van der Waals surface area contributed by atoms with Crippen LogP contribution >= 0.6 is 0 Å². The molecule has 1 aliphatic heterocycles. The normalized spacial score (nSPS) is 17.0. The Kier molecular flexibility index (Phi) is 5.48. The van der Waals surface area contributed by atoms with Gasteiger partial charge in [-0.25, -0.2) is 0 Å². The number of hydrogen-bond donors (Lipinski definition) is 1. The highest BCUT2D eigenvalue weighted by molar-refractivity contribution is 5.76. The third-order valence-electron chi connectivity index (χ3n) is 4.82. The third-order valence-corrected chi connectivity index (χ3v) is 4.82. The van der Waals surface area contributed by atoms with Crippen LogP contribution in [0.4, 0.5) is 0 Å². The summed E-state index contributed by atoms with van der Waals surface area (Å²) in [6.07, 6.45) is 1.23. The minimum absolute atomic E-state index is 0.0233. The lowest BCUT2D eigenvalue weighted by atomic mass is 9.95. The standard InChI is InChI=1S/C19H25N3O3/c1-13(2)16(23)12-17(24)22-10-8-15(9-11-22)19-20-18(21-25-19)14-6-4-3-5-7-14/h3-7,13,15-16,23H,8-12H2,1-2H3. The Morgan fingerprint density at radius 1 is 1.28 bits per heavy atom. The lowest BCUT2D eigenvalue weighted by Gasteiger charge is -2.31. The molecule has 3 rings (SSSR count). The SMILES string of the molecule is CC(C)C(O)CC(=O)N1CCC(c2nc(-c3ccccc3)no2)CC1. The van der Waals surface area contributed by atoms with E-state index in [0.717, 1.165) is 18.4 Å². The summed E-state index contributed by atoms with van der Waals surface area (Å²) >= 11 is 0. The van der Waals surface area contributed by atoms with Gasteiger partial charge in [-0.05, 0) is 18.8 Å². The first-order chi connectivity index (χ1) is 12.0. The van der Waals surface area contributed by atoms with Crippen molar-refractivity contribution in [3.05, 3.63) is 36.2 Å². The molecule has 1 fully saturated rings. The molecule has 25 heavy (non-hydrogen) atoms. The lowest BCUT2D eigenvalue weighted by Crippen LogP contribution is -2.40. The van der Waals surface area contributed by atoms with Gasteiger partial charge in [0.15, 0.2) is 0 Å². The Balaban J connectivity index is 1.56. The molecule has 1 aromatic carbocycles. The highest BCUT2D eigenvalue weighted by Crippen LogP contribution is 2.29. The van der Waals surface area contributed by atoms with Gasteiger partial charge in [-0.2, -0.15) is 4.98 Å². The third kappa shape index (κ3) is 4.25. The quantitative estimate of drug-likeness (QED) is 0.903. The molecular formula is C19H25N3O3. The van der Waals surface area contributed by atoms with E-state index in [9.17, 15) is 9.90 Å². The Labute approximate surface area is 147 Å². The summed E-state index contributed by atoms with van der Waals surface area (Å²) in [5.41, 5.74) is 0.938. The molecule has 1 atom stereocenters. The van der Waals surface area contributed by atoms with Crippen LogP contribution in [0.25, 0.3) is 11.4 Å². The fourth-order valence-electron chi connectivity index (χ4n) is 3.03. The van der Waals surface area contributed by atoms with E-state index in [4.69, 9.17) is 4.52 Å². The number of amides is 1.